The van der Waals surface area contributed by atoms with E-state index in [4.69, 9.17) is 9.47 Å². The van der Waals surface area contributed by atoms with Crippen LogP contribution in [-0.2, 0) is 9.47 Å². The zero-order valence-corrected chi connectivity index (χ0v) is 10.4. The Morgan fingerprint density at radius 3 is 2.65 bits per heavy atom. The van der Waals surface area contributed by atoms with Crippen molar-refractivity contribution in [3.8, 4) is 0 Å². The number of carbonyl (C=O) groups is 1. The minimum atomic E-state index is -0.432. The number of hydrogen-bond donors (Lipinski definition) is 0. The third-order valence-corrected chi connectivity index (χ3v) is 3.23. The van der Waals surface area contributed by atoms with E-state index in [0.29, 0.717) is 13.2 Å². The number of hydrogen-bond acceptors (Lipinski definition) is 3. The molecule has 0 bridgehead atoms. The summed E-state index contributed by atoms with van der Waals surface area (Å²) in [4.78, 5) is 17.8. The second-order valence-electron chi connectivity index (χ2n) is 4.42. The van der Waals surface area contributed by atoms with Crippen molar-refractivity contribution in [3.63, 3.8) is 0 Å². The summed E-state index contributed by atoms with van der Waals surface area (Å²) in [5, 5.41) is 0. The molecule has 0 unspecified atom stereocenters. The zero-order chi connectivity index (χ0) is 12.1. The van der Waals surface area contributed by atoms with Gasteiger partial charge in [-0.05, 0) is 19.3 Å². The Morgan fingerprint density at radius 1 is 1.41 bits per heavy atom. The maximum atomic E-state index is 11.6. The summed E-state index contributed by atoms with van der Waals surface area (Å²) in [5.74, 6) is 0.817. The lowest BCUT2D eigenvalue weighted by Crippen LogP contribution is -2.41. The molecule has 1 heterocycles. The van der Waals surface area contributed by atoms with Crippen LogP contribution in [0.25, 0.3) is 0 Å². The van der Waals surface area contributed by atoms with E-state index in [1.165, 1.54) is 0 Å². The molecule has 0 aromatic heterocycles. The largest absolute Gasteiger partial charge is 0.445 e. The highest BCUT2D eigenvalue weighted by Gasteiger charge is 2.22. The Hall–Kier alpha value is -1.10. The van der Waals surface area contributed by atoms with E-state index in [1.807, 2.05) is 6.92 Å². The lowest BCUT2D eigenvalue weighted by atomic mass is 9.96. The molecular formula is C12H20N2O3. The maximum absolute atomic E-state index is 11.6. The molecule has 1 saturated carbocycles. The topological polar surface area (TPSA) is 51.1 Å². The van der Waals surface area contributed by atoms with Gasteiger partial charge < -0.3 is 14.4 Å². The number of amides is 1. The molecule has 0 spiro atoms. The smallest absolute Gasteiger partial charge is 0.435 e. The zero-order valence-electron chi connectivity index (χ0n) is 10.4. The monoisotopic (exact) mass is 240 g/mol. The first-order valence-electron chi connectivity index (χ1n) is 6.40. The van der Waals surface area contributed by atoms with Gasteiger partial charge in [0.2, 0.25) is 0 Å². The van der Waals surface area contributed by atoms with E-state index in [-0.39, 0.29) is 6.10 Å². The molecule has 0 aromatic carbocycles. The van der Waals surface area contributed by atoms with Gasteiger partial charge in [-0.3, -0.25) is 0 Å². The molecule has 1 aliphatic carbocycles. The van der Waals surface area contributed by atoms with Gasteiger partial charge in [0, 0.05) is 19.5 Å². The molecule has 1 saturated heterocycles. The SMILES string of the molecule is CCC(=NC(=O)OC1CCC1)N1CCOCC1. The van der Waals surface area contributed by atoms with Crippen LogP contribution in [0.2, 0.25) is 0 Å². The average Bonchev–Trinajstić information content (AvgIpc) is 2.32. The van der Waals surface area contributed by atoms with E-state index in [1.54, 1.807) is 0 Å². The number of aliphatic imine (C=N–C) groups is 1. The second kappa shape index (κ2) is 6.00. The molecule has 96 valence electrons. The van der Waals surface area contributed by atoms with E-state index in [2.05, 4.69) is 9.89 Å². The summed E-state index contributed by atoms with van der Waals surface area (Å²) in [7, 11) is 0. The highest BCUT2D eigenvalue weighted by molar-refractivity contribution is 5.91. The predicted octanol–water partition coefficient (Wildman–Crippen LogP) is 1.82. The number of morpholine rings is 1. The molecule has 0 N–H and O–H groups in total. The van der Waals surface area contributed by atoms with Crippen molar-refractivity contribution >= 4 is 11.9 Å². The second-order valence-corrected chi connectivity index (χ2v) is 4.42. The van der Waals surface area contributed by atoms with Crippen molar-refractivity contribution in [2.75, 3.05) is 26.3 Å². The van der Waals surface area contributed by atoms with Crippen molar-refractivity contribution in [2.24, 2.45) is 4.99 Å². The van der Waals surface area contributed by atoms with Crippen molar-refractivity contribution in [2.45, 2.75) is 38.7 Å². The average molecular weight is 240 g/mol. The first-order valence-corrected chi connectivity index (χ1v) is 6.40. The standard InChI is InChI=1S/C12H20N2O3/c1-2-11(14-6-8-16-9-7-14)13-12(15)17-10-4-3-5-10/h10H,2-9H2,1H3. The van der Waals surface area contributed by atoms with Crippen molar-refractivity contribution < 1.29 is 14.3 Å². The van der Waals surface area contributed by atoms with Gasteiger partial charge in [-0.2, -0.15) is 4.99 Å². The Bertz CT molecular complexity index is 294. The summed E-state index contributed by atoms with van der Waals surface area (Å²) in [5.41, 5.74) is 0. The molecule has 1 aliphatic heterocycles. The van der Waals surface area contributed by atoms with Crippen LogP contribution in [0.3, 0.4) is 0 Å². The fourth-order valence-electron chi connectivity index (χ4n) is 1.96. The summed E-state index contributed by atoms with van der Waals surface area (Å²) >= 11 is 0. The normalized spacial score (nSPS) is 22.2. The molecule has 0 radical (unpaired) electrons. The highest BCUT2D eigenvalue weighted by Crippen LogP contribution is 2.22. The van der Waals surface area contributed by atoms with Gasteiger partial charge in [0.05, 0.1) is 13.2 Å². The molecule has 5 nitrogen and oxygen atoms in total. The summed E-state index contributed by atoms with van der Waals surface area (Å²) in [6.07, 6.45) is 3.55. The van der Waals surface area contributed by atoms with Gasteiger partial charge in [0.25, 0.3) is 0 Å². The Morgan fingerprint density at radius 2 is 2.12 bits per heavy atom. The first kappa shape index (κ1) is 12.4. The van der Waals surface area contributed by atoms with Crippen LogP contribution in [0.1, 0.15) is 32.6 Å². The van der Waals surface area contributed by atoms with Gasteiger partial charge >= 0.3 is 6.09 Å². The number of carbonyl (C=O) groups excluding carboxylic acids is 1. The fourth-order valence-corrected chi connectivity index (χ4v) is 1.96. The van der Waals surface area contributed by atoms with Crippen molar-refractivity contribution in [3.05, 3.63) is 0 Å². The number of amidine groups is 1. The summed E-state index contributed by atoms with van der Waals surface area (Å²) in [6.45, 7) is 5.03. The molecule has 2 aliphatic rings. The van der Waals surface area contributed by atoms with E-state index < -0.39 is 6.09 Å². The minimum Gasteiger partial charge on any atom is -0.445 e. The van der Waals surface area contributed by atoms with Crippen LogP contribution in [-0.4, -0.2) is 49.2 Å². The molecule has 5 heteroatoms. The quantitative estimate of drug-likeness (QED) is 0.545. The van der Waals surface area contributed by atoms with E-state index >= 15 is 0 Å². The van der Waals surface area contributed by atoms with Crippen LogP contribution < -0.4 is 0 Å². The highest BCUT2D eigenvalue weighted by atomic mass is 16.6. The van der Waals surface area contributed by atoms with Crippen LogP contribution in [0.5, 0.6) is 0 Å². The Labute approximate surface area is 102 Å². The molecule has 0 aromatic rings. The maximum Gasteiger partial charge on any atom is 0.435 e. The van der Waals surface area contributed by atoms with E-state index in [9.17, 15) is 4.79 Å². The molecule has 17 heavy (non-hydrogen) atoms. The Balaban J connectivity index is 1.88. The van der Waals surface area contributed by atoms with Gasteiger partial charge in [0.1, 0.15) is 11.9 Å². The van der Waals surface area contributed by atoms with Crippen LogP contribution in [0, 0.1) is 0 Å². The van der Waals surface area contributed by atoms with Crippen LogP contribution in [0.4, 0.5) is 4.79 Å². The van der Waals surface area contributed by atoms with Crippen LogP contribution in [0.15, 0.2) is 4.99 Å². The summed E-state index contributed by atoms with van der Waals surface area (Å²) in [6, 6.07) is 0. The number of ether oxygens (including phenoxy) is 2. The number of nitrogens with zero attached hydrogens (tertiary/aromatic N) is 2. The lowest BCUT2D eigenvalue weighted by molar-refractivity contribution is 0.0570. The van der Waals surface area contributed by atoms with Gasteiger partial charge in [-0.15, -0.1) is 0 Å². The third kappa shape index (κ3) is 3.43. The third-order valence-electron chi connectivity index (χ3n) is 3.23. The van der Waals surface area contributed by atoms with Gasteiger partial charge in [-0.25, -0.2) is 4.79 Å². The number of rotatable bonds is 2. The molecule has 0 atom stereocenters. The predicted molar refractivity (Wildman–Crippen MR) is 64.2 cm³/mol. The molecular weight excluding hydrogens is 220 g/mol. The molecule has 2 rings (SSSR count). The minimum absolute atomic E-state index is 0.106. The van der Waals surface area contributed by atoms with Crippen LogP contribution >= 0.6 is 0 Å². The fraction of sp³-hybridized carbons (Fsp3) is 0.833. The first-order chi connectivity index (χ1) is 8.29. The molecule has 1 amide bonds. The van der Waals surface area contributed by atoms with Gasteiger partial charge in [-0.1, -0.05) is 6.92 Å². The molecule has 2 fully saturated rings. The Kier molecular flexibility index (Phi) is 4.36. The van der Waals surface area contributed by atoms with Gasteiger partial charge in [0.15, 0.2) is 0 Å². The van der Waals surface area contributed by atoms with Crippen molar-refractivity contribution in [1.29, 1.82) is 0 Å². The lowest BCUT2D eigenvalue weighted by Gasteiger charge is -2.29. The van der Waals surface area contributed by atoms with E-state index in [0.717, 1.165) is 44.6 Å². The summed E-state index contributed by atoms with van der Waals surface area (Å²) < 4.78 is 10.5. The van der Waals surface area contributed by atoms with Crippen molar-refractivity contribution in [1.82, 2.24) is 4.90 Å².